The van der Waals surface area contributed by atoms with Gasteiger partial charge >= 0.3 is 0 Å². The molecule has 1 heterocycles. The van der Waals surface area contributed by atoms with Crippen molar-refractivity contribution in [3.8, 4) is 5.75 Å². The maximum atomic E-state index is 11.0. The van der Waals surface area contributed by atoms with E-state index in [9.17, 15) is 13.5 Å². The Morgan fingerprint density at radius 1 is 1.33 bits per heavy atom. The fourth-order valence-electron chi connectivity index (χ4n) is 1.40. The Morgan fingerprint density at radius 2 is 2.07 bits per heavy atom. The van der Waals surface area contributed by atoms with E-state index in [1.165, 1.54) is 12.1 Å². The van der Waals surface area contributed by atoms with Crippen molar-refractivity contribution in [3.05, 3.63) is 30.0 Å². The minimum atomic E-state index is -3.09. The molecule has 1 N–H and O–H groups in total. The van der Waals surface area contributed by atoms with Crippen LogP contribution in [0.25, 0.3) is 11.0 Å². The monoisotopic (exact) mass is 226 g/mol. The molecule has 0 unspecified atom stereocenters. The predicted molar refractivity (Wildman–Crippen MR) is 56.4 cm³/mol. The first-order chi connectivity index (χ1) is 6.94. The highest BCUT2D eigenvalue weighted by atomic mass is 32.2. The molecule has 80 valence electrons. The van der Waals surface area contributed by atoms with Gasteiger partial charge in [0.15, 0.2) is 9.84 Å². The van der Waals surface area contributed by atoms with Crippen LogP contribution in [-0.2, 0) is 15.6 Å². The van der Waals surface area contributed by atoms with Crippen molar-refractivity contribution in [2.24, 2.45) is 0 Å². The van der Waals surface area contributed by atoms with Crippen LogP contribution in [0.1, 0.15) is 5.76 Å². The third kappa shape index (κ3) is 2.30. The number of phenols is 1. The summed E-state index contributed by atoms with van der Waals surface area (Å²) in [6, 6.07) is 6.33. The van der Waals surface area contributed by atoms with Crippen LogP contribution in [0.2, 0.25) is 0 Å². The van der Waals surface area contributed by atoms with Crippen LogP contribution in [0.5, 0.6) is 5.75 Å². The van der Waals surface area contributed by atoms with Gasteiger partial charge in [-0.05, 0) is 18.2 Å². The molecule has 0 radical (unpaired) electrons. The molecule has 4 nitrogen and oxygen atoms in total. The van der Waals surface area contributed by atoms with Crippen LogP contribution in [0.3, 0.4) is 0 Å². The fraction of sp³-hybridized carbons (Fsp3) is 0.200. The zero-order valence-corrected chi connectivity index (χ0v) is 8.91. The van der Waals surface area contributed by atoms with Crippen molar-refractivity contribution in [1.82, 2.24) is 0 Å². The van der Waals surface area contributed by atoms with Gasteiger partial charge in [0.25, 0.3) is 0 Å². The summed E-state index contributed by atoms with van der Waals surface area (Å²) in [4.78, 5) is 0. The normalized spacial score (nSPS) is 12.1. The molecule has 0 amide bonds. The number of rotatable bonds is 2. The largest absolute Gasteiger partial charge is 0.508 e. The molecule has 1 aromatic heterocycles. The Morgan fingerprint density at radius 3 is 2.73 bits per heavy atom. The molecule has 0 atom stereocenters. The van der Waals surface area contributed by atoms with Gasteiger partial charge in [-0.25, -0.2) is 8.42 Å². The van der Waals surface area contributed by atoms with Crippen LogP contribution in [0, 0.1) is 0 Å². The molecule has 15 heavy (non-hydrogen) atoms. The highest BCUT2D eigenvalue weighted by Crippen LogP contribution is 2.24. The second-order valence-electron chi connectivity index (χ2n) is 3.50. The van der Waals surface area contributed by atoms with Crippen LogP contribution >= 0.6 is 0 Å². The van der Waals surface area contributed by atoms with Crippen LogP contribution in [0.15, 0.2) is 28.7 Å². The fourth-order valence-corrected chi connectivity index (χ4v) is 2.06. The molecule has 0 saturated carbocycles. The molecule has 0 spiro atoms. The minimum absolute atomic E-state index is 0.0998. The lowest BCUT2D eigenvalue weighted by Gasteiger charge is -1.91. The zero-order chi connectivity index (χ0) is 11.1. The van der Waals surface area contributed by atoms with Gasteiger partial charge in [0.05, 0.1) is 0 Å². The van der Waals surface area contributed by atoms with Crippen LogP contribution in [0.4, 0.5) is 0 Å². The maximum Gasteiger partial charge on any atom is 0.154 e. The van der Waals surface area contributed by atoms with Crippen molar-refractivity contribution in [2.45, 2.75) is 5.75 Å². The van der Waals surface area contributed by atoms with Crippen LogP contribution in [-0.4, -0.2) is 19.8 Å². The Hall–Kier alpha value is -1.49. The van der Waals surface area contributed by atoms with E-state index in [0.717, 1.165) is 11.6 Å². The van der Waals surface area contributed by atoms with E-state index in [4.69, 9.17) is 4.42 Å². The predicted octanol–water partition coefficient (Wildman–Crippen LogP) is 1.68. The molecular formula is C10H10O4S. The molecule has 2 aromatic rings. The van der Waals surface area contributed by atoms with E-state index in [2.05, 4.69) is 0 Å². The van der Waals surface area contributed by atoms with Crippen LogP contribution < -0.4 is 0 Å². The second-order valence-corrected chi connectivity index (χ2v) is 5.65. The highest BCUT2D eigenvalue weighted by molar-refractivity contribution is 7.89. The second kappa shape index (κ2) is 3.27. The lowest BCUT2D eigenvalue weighted by atomic mass is 10.2. The minimum Gasteiger partial charge on any atom is -0.508 e. The first kappa shape index (κ1) is 10.0. The summed E-state index contributed by atoms with van der Waals surface area (Å²) >= 11 is 0. The van der Waals surface area contributed by atoms with E-state index in [1.54, 1.807) is 12.1 Å². The van der Waals surface area contributed by atoms with E-state index >= 15 is 0 Å². The summed E-state index contributed by atoms with van der Waals surface area (Å²) in [5.74, 6) is 0.364. The smallest absolute Gasteiger partial charge is 0.154 e. The molecule has 0 aliphatic carbocycles. The third-order valence-electron chi connectivity index (χ3n) is 1.96. The van der Waals surface area contributed by atoms with Gasteiger partial charge in [-0.2, -0.15) is 0 Å². The van der Waals surface area contributed by atoms with Gasteiger partial charge in [0.2, 0.25) is 0 Å². The first-order valence-corrected chi connectivity index (χ1v) is 6.39. The third-order valence-corrected chi connectivity index (χ3v) is 2.77. The highest BCUT2D eigenvalue weighted by Gasteiger charge is 2.10. The molecule has 2 rings (SSSR count). The maximum absolute atomic E-state index is 11.0. The van der Waals surface area contributed by atoms with Gasteiger partial charge in [0, 0.05) is 17.7 Å². The molecule has 0 saturated heterocycles. The Bertz CT molecular complexity index is 595. The van der Waals surface area contributed by atoms with Gasteiger partial charge in [-0.1, -0.05) is 0 Å². The number of hydrogen-bond donors (Lipinski definition) is 1. The Kier molecular flexibility index (Phi) is 2.19. The lowest BCUT2D eigenvalue weighted by molar-refractivity contribution is 0.474. The zero-order valence-electron chi connectivity index (χ0n) is 8.10. The SMILES string of the molecule is CS(=O)(=O)Cc1cc2ccc(O)cc2o1. The van der Waals surface area contributed by atoms with E-state index in [1.807, 2.05) is 0 Å². The quantitative estimate of drug-likeness (QED) is 0.846. The van der Waals surface area contributed by atoms with Crippen molar-refractivity contribution < 1.29 is 17.9 Å². The summed E-state index contributed by atoms with van der Waals surface area (Å²) in [7, 11) is -3.09. The van der Waals surface area contributed by atoms with Gasteiger partial charge in [-0.15, -0.1) is 0 Å². The number of benzene rings is 1. The number of phenolic OH excluding ortho intramolecular Hbond substituents is 1. The van der Waals surface area contributed by atoms with Gasteiger partial charge < -0.3 is 9.52 Å². The van der Waals surface area contributed by atoms with Crippen molar-refractivity contribution in [2.75, 3.05) is 6.26 Å². The Labute approximate surface area is 87.1 Å². The van der Waals surface area contributed by atoms with E-state index in [0.29, 0.717) is 11.3 Å². The lowest BCUT2D eigenvalue weighted by Crippen LogP contribution is -1.98. The summed E-state index contributed by atoms with van der Waals surface area (Å²) in [5.41, 5.74) is 0.494. The molecule has 5 heteroatoms. The van der Waals surface area contributed by atoms with Gasteiger partial charge in [-0.3, -0.25) is 0 Å². The summed E-state index contributed by atoms with van der Waals surface area (Å²) in [6.45, 7) is 0. The molecule has 1 aromatic carbocycles. The van der Waals surface area contributed by atoms with Crippen molar-refractivity contribution in [3.63, 3.8) is 0 Å². The van der Waals surface area contributed by atoms with Crippen molar-refractivity contribution in [1.29, 1.82) is 0 Å². The number of hydrogen-bond acceptors (Lipinski definition) is 4. The molecule has 0 bridgehead atoms. The summed E-state index contributed by atoms with van der Waals surface area (Å²) in [6.07, 6.45) is 1.15. The Balaban J connectivity index is 2.48. The average Bonchev–Trinajstić information content (AvgIpc) is 2.42. The summed E-state index contributed by atoms with van der Waals surface area (Å²) < 4.78 is 27.4. The number of fused-ring (bicyclic) bond motifs is 1. The average molecular weight is 226 g/mol. The number of furan rings is 1. The van der Waals surface area contributed by atoms with E-state index < -0.39 is 9.84 Å². The number of aromatic hydroxyl groups is 1. The number of sulfone groups is 1. The first-order valence-electron chi connectivity index (χ1n) is 4.33. The molecule has 0 fully saturated rings. The van der Waals surface area contributed by atoms with E-state index in [-0.39, 0.29) is 11.5 Å². The molecule has 0 aliphatic heterocycles. The summed E-state index contributed by atoms with van der Waals surface area (Å²) in [5, 5.41) is 9.98. The van der Waals surface area contributed by atoms with Gasteiger partial charge in [0.1, 0.15) is 22.8 Å². The topological polar surface area (TPSA) is 67.5 Å². The molecule has 0 aliphatic rings. The van der Waals surface area contributed by atoms with Crippen molar-refractivity contribution >= 4 is 20.8 Å². The molecular weight excluding hydrogens is 216 g/mol. The standard InChI is InChI=1S/C10H10O4S/c1-15(12,13)6-9-4-7-2-3-8(11)5-10(7)14-9/h2-5,11H,6H2,1H3.